The topological polar surface area (TPSA) is 27.6 Å². The van der Waals surface area contributed by atoms with Crippen LogP contribution in [0.15, 0.2) is 29.3 Å². The average Bonchev–Trinajstić information content (AvgIpc) is 2.92. The Morgan fingerprint density at radius 2 is 2.05 bits per heavy atom. The zero-order valence-corrected chi connectivity index (χ0v) is 14.5. The van der Waals surface area contributed by atoms with Crippen LogP contribution in [0.3, 0.4) is 0 Å². The van der Waals surface area contributed by atoms with E-state index in [0.717, 1.165) is 32.1 Å². The van der Waals surface area contributed by atoms with Crippen molar-refractivity contribution in [3.05, 3.63) is 35.4 Å². The summed E-state index contributed by atoms with van der Waals surface area (Å²) in [5, 5.41) is 3.43. The molecule has 1 aromatic rings. The van der Waals surface area contributed by atoms with Crippen molar-refractivity contribution in [3.63, 3.8) is 0 Å². The molecular weight excluding hydrogens is 361 g/mol. The number of aliphatic imine (C=N–C) groups is 1. The fraction of sp³-hybridized carbons (Fsp3) is 0.562. The molecular formula is C16H24IN3. The Morgan fingerprint density at radius 3 is 2.75 bits per heavy atom. The smallest absolute Gasteiger partial charge is 0.193 e. The lowest BCUT2D eigenvalue weighted by Gasteiger charge is -2.29. The van der Waals surface area contributed by atoms with E-state index in [1.165, 1.54) is 30.4 Å². The third kappa shape index (κ3) is 3.27. The first-order chi connectivity index (χ1) is 9.38. The van der Waals surface area contributed by atoms with Crippen LogP contribution in [0, 0.1) is 0 Å². The fourth-order valence-electron chi connectivity index (χ4n) is 3.08. The number of hydrogen-bond acceptors (Lipinski definition) is 1. The lowest BCUT2D eigenvalue weighted by atomic mass is 9.78. The lowest BCUT2D eigenvalue weighted by Crippen LogP contribution is -2.40. The second-order valence-electron chi connectivity index (χ2n) is 5.49. The summed E-state index contributed by atoms with van der Waals surface area (Å²) in [6.07, 6.45) is 3.80. The van der Waals surface area contributed by atoms with Crippen molar-refractivity contribution < 1.29 is 0 Å². The van der Waals surface area contributed by atoms with Crippen molar-refractivity contribution in [2.75, 3.05) is 26.2 Å². The highest BCUT2D eigenvalue weighted by molar-refractivity contribution is 14.0. The first kappa shape index (κ1) is 15.6. The number of halogens is 1. The van der Waals surface area contributed by atoms with Crippen molar-refractivity contribution in [1.82, 2.24) is 10.2 Å². The SMILES string of the molecule is CCNC(=NCC1Cc2ccccc21)N1CCCC1.I. The van der Waals surface area contributed by atoms with E-state index in [1.807, 2.05) is 0 Å². The maximum absolute atomic E-state index is 4.85. The zero-order chi connectivity index (χ0) is 13.1. The number of hydrogen-bond donors (Lipinski definition) is 1. The Balaban J connectivity index is 0.00000147. The predicted octanol–water partition coefficient (Wildman–Crippen LogP) is 3.01. The van der Waals surface area contributed by atoms with Crippen LogP contribution >= 0.6 is 24.0 Å². The Labute approximate surface area is 138 Å². The van der Waals surface area contributed by atoms with Gasteiger partial charge in [-0.2, -0.15) is 0 Å². The van der Waals surface area contributed by atoms with E-state index < -0.39 is 0 Å². The second kappa shape index (κ2) is 7.29. The molecule has 1 unspecified atom stereocenters. The number of likely N-dealkylation sites (tertiary alicyclic amines) is 1. The molecule has 0 aromatic heterocycles. The molecule has 20 heavy (non-hydrogen) atoms. The van der Waals surface area contributed by atoms with Crippen molar-refractivity contribution in [2.45, 2.75) is 32.1 Å². The van der Waals surface area contributed by atoms with E-state index in [0.29, 0.717) is 5.92 Å². The first-order valence-electron chi connectivity index (χ1n) is 7.49. The number of rotatable bonds is 3. The lowest BCUT2D eigenvalue weighted by molar-refractivity contribution is 0.489. The van der Waals surface area contributed by atoms with E-state index in [2.05, 4.69) is 41.4 Å². The summed E-state index contributed by atoms with van der Waals surface area (Å²) >= 11 is 0. The predicted molar refractivity (Wildman–Crippen MR) is 95.1 cm³/mol. The zero-order valence-electron chi connectivity index (χ0n) is 12.1. The molecule has 1 aliphatic carbocycles. The molecule has 0 radical (unpaired) electrons. The molecule has 1 saturated heterocycles. The standard InChI is InChI=1S/C16H23N3.HI/c1-2-17-16(19-9-5-6-10-19)18-12-14-11-13-7-3-4-8-15(13)14;/h3-4,7-8,14H,2,5-6,9-12H2,1H3,(H,17,18);1H. The first-order valence-corrected chi connectivity index (χ1v) is 7.49. The third-order valence-corrected chi connectivity index (χ3v) is 4.16. The van der Waals surface area contributed by atoms with Gasteiger partial charge < -0.3 is 10.2 Å². The van der Waals surface area contributed by atoms with Crippen LogP contribution in [-0.4, -0.2) is 37.0 Å². The van der Waals surface area contributed by atoms with Gasteiger partial charge in [-0.1, -0.05) is 24.3 Å². The maximum atomic E-state index is 4.85. The van der Waals surface area contributed by atoms with Gasteiger partial charge in [0.1, 0.15) is 0 Å². The molecule has 3 nitrogen and oxygen atoms in total. The summed E-state index contributed by atoms with van der Waals surface area (Å²) in [5.74, 6) is 1.75. The monoisotopic (exact) mass is 385 g/mol. The summed E-state index contributed by atoms with van der Waals surface area (Å²) in [6, 6.07) is 8.76. The molecule has 1 heterocycles. The Morgan fingerprint density at radius 1 is 1.30 bits per heavy atom. The molecule has 1 atom stereocenters. The van der Waals surface area contributed by atoms with Crippen LogP contribution in [0.4, 0.5) is 0 Å². The molecule has 0 bridgehead atoms. The molecule has 2 aliphatic rings. The van der Waals surface area contributed by atoms with Gasteiger partial charge in [-0.05, 0) is 37.3 Å². The molecule has 0 amide bonds. The number of nitrogens with one attached hydrogen (secondary N) is 1. The average molecular weight is 385 g/mol. The quantitative estimate of drug-likeness (QED) is 0.492. The highest BCUT2D eigenvalue weighted by Gasteiger charge is 2.25. The molecule has 4 heteroatoms. The highest BCUT2D eigenvalue weighted by atomic mass is 127. The van der Waals surface area contributed by atoms with Gasteiger partial charge in [0.2, 0.25) is 0 Å². The fourth-order valence-corrected chi connectivity index (χ4v) is 3.08. The molecule has 0 saturated carbocycles. The Kier molecular flexibility index (Phi) is 5.69. The molecule has 1 aliphatic heterocycles. The summed E-state index contributed by atoms with van der Waals surface area (Å²) in [7, 11) is 0. The third-order valence-electron chi connectivity index (χ3n) is 4.16. The van der Waals surface area contributed by atoms with Crippen molar-refractivity contribution in [2.24, 2.45) is 4.99 Å². The van der Waals surface area contributed by atoms with Crippen LogP contribution in [0.1, 0.15) is 36.8 Å². The van der Waals surface area contributed by atoms with Crippen LogP contribution in [0.5, 0.6) is 0 Å². The molecule has 3 rings (SSSR count). The minimum Gasteiger partial charge on any atom is -0.357 e. The van der Waals surface area contributed by atoms with Crippen molar-refractivity contribution in [1.29, 1.82) is 0 Å². The van der Waals surface area contributed by atoms with Gasteiger partial charge in [0.05, 0.1) is 0 Å². The van der Waals surface area contributed by atoms with Gasteiger partial charge in [0.25, 0.3) is 0 Å². The summed E-state index contributed by atoms with van der Waals surface area (Å²) in [5.41, 5.74) is 3.01. The molecule has 0 spiro atoms. The van der Waals surface area contributed by atoms with Crippen molar-refractivity contribution in [3.8, 4) is 0 Å². The largest absolute Gasteiger partial charge is 0.357 e. The number of nitrogens with zero attached hydrogens (tertiary/aromatic N) is 2. The maximum Gasteiger partial charge on any atom is 0.193 e. The summed E-state index contributed by atoms with van der Waals surface area (Å²) in [4.78, 5) is 7.24. The van der Waals surface area contributed by atoms with Crippen LogP contribution in [0.2, 0.25) is 0 Å². The van der Waals surface area contributed by atoms with Crippen LogP contribution < -0.4 is 5.32 Å². The van der Waals surface area contributed by atoms with Crippen LogP contribution in [-0.2, 0) is 6.42 Å². The summed E-state index contributed by atoms with van der Waals surface area (Å²) in [6.45, 7) is 6.34. The Hall–Kier alpha value is -0.780. The van der Waals surface area contributed by atoms with Gasteiger partial charge in [0, 0.05) is 32.1 Å². The normalized spacial score (nSPS) is 20.9. The van der Waals surface area contributed by atoms with Gasteiger partial charge >= 0.3 is 0 Å². The Bertz CT molecular complexity index is 467. The minimum atomic E-state index is 0. The van der Waals surface area contributed by atoms with Gasteiger partial charge in [-0.15, -0.1) is 24.0 Å². The number of fused-ring (bicyclic) bond motifs is 1. The van der Waals surface area contributed by atoms with Gasteiger partial charge in [0.15, 0.2) is 5.96 Å². The van der Waals surface area contributed by atoms with Crippen LogP contribution in [0.25, 0.3) is 0 Å². The van der Waals surface area contributed by atoms with Gasteiger partial charge in [-0.25, -0.2) is 0 Å². The van der Waals surface area contributed by atoms with E-state index in [9.17, 15) is 0 Å². The van der Waals surface area contributed by atoms with Crippen molar-refractivity contribution >= 4 is 29.9 Å². The van der Waals surface area contributed by atoms with E-state index in [1.54, 1.807) is 0 Å². The molecule has 1 aromatic carbocycles. The van der Waals surface area contributed by atoms with Gasteiger partial charge in [-0.3, -0.25) is 4.99 Å². The molecule has 1 fully saturated rings. The van der Waals surface area contributed by atoms with E-state index in [4.69, 9.17) is 4.99 Å². The minimum absolute atomic E-state index is 0. The van der Waals surface area contributed by atoms with E-state index in [-0.39, 0.29) is 24.0 Å². The number of guanidine groups is 1. The highest BCUT2D eigenvalue weighted by Crippen LogP contribution is 2.34. The van der Waals surface area contributed by atoms with E-state index >= 15 is 0 Å². The second-order valence-corrected chi connectivity index (χ2v) is 5.49. The molecule has 1 N–H and O–H groups in total. The molecule has 110 valence electrons. The number of benzene rings is 1. The summed E-state index contributed by atoms with van der Waals surface area (Å²) < 4.78 is 0.